The van der Waals surface area contributed by atoms with E-state index in [2.05, 4.69) is 51.0 Å². The first kappa shape index (κ1) is 12.0. The van der Waals surface area contributed by atoms with Crippen LogP contribution in [-0.2, 0) is 13.0 Å². The zero-order valence-corrected chi connectivity index (χ0v) is 11.9. The second-order valence-electron chi connectivity index (χ2n) is 3.49. The molecule has 0 saturated carbocycles. The first-order valence-electron chi connectivity index (χ1n) is 5.07. The molecule has 0 amide bonds. The van der Waals surface area contributed by atoms with E-state index in [1.165, 1.54) is 8.45 Å². The summed E-state index contributed by atoms with van der Waals surface area (Å²) in [5.41, 5.74) is 7.33. The third kappa shape index (κ3) is 2.61. The van der Waals surface area contributed by atoms with Gasteiger partial charge in [-0.1, -0.05) is 0 Å². The van der Waals surface area contributed by atoms with E-state index < -0.39 is 0 Å². The normalized spacial score (nSPS) is 12.9. The molecule has 4 nitrogen and oxygen atoms in total. The van der Waals surface area contributed by atoms with E-state index in [1.807, 2.05) is 4.68 Å². The third-order valence-corrected chi connectivity index (χ3v) is 4.22. The highest BCUT2D eigenvalue weighted by Gasteiger charge is 2.12. The molecular weight excluding hydrogens is 335 g/mol. The van der Waals surface area contributed by atoms with Crippen molar-refractivity contribution in [3.05, 3.63) is 32.0 Å². The molecule has 1 unspecified atom stereocenters. The lowest BCUT2D eigenvalue weighted by molar-refractivity contribution is 0.581. The van der Waals surface area contributed by atoms with E-state index >= 15 is 0 Å². The number of nitrogens with two attached hydrogens (primary N) is 1. The fraction of sp³-hybridized carbons (Fsp3) is 0.400. The number of hydrogen-bond acceptors (Lipinski definition) is 4. The molecule has 2 N–H and O–H groups in total. The van der Waals surface area contributed by atoms with Gasteiger partial charge in [0.05, 0.1) is 2.88 Å². The minimum atomic E-state index is 0.00858. The molecule has 2 rings (SSSR count). The SMILES string of the molecule is CCn1ncnc1CC(N)c1csc(I)c1. The number of thiophene rings is 1. The fourth-order valence-electron chi connectivity index (χ4n) is 1.54. The van der Waals surface area contributed by atoms with Gasteiger partial charge in [0, 0.05) is 19.0 Å². The summed E-state index contributed by atoms with van der Waals surface area (Å²) in [6.45, 7) is 2.89. The van der Waals surface area contributed by atoms with Crippen LogP contribution >= 0.6 is 33.9 Å². The molecule has 0 aliphatic heterocycles. The third-order valence-electron chi connectivity index (χ3n) is 2.41. The maximum absolute atomic E-state index is 6.15. The molecular formula is C10H13IN4S. The van der Waals surface area contributed by atoms with Crippen LogP contribution in [0.2, 0.25) is 0 Å². The monoisotopic (exact) mass is 348 g/mol. The molecule has 2 aromatic heterocycles. The van der Waals surface area contributed by atoms with Crippen LogP contribution in [-0.4, -0.2) is 14.8 Å². The van der Waals surface area contributed by atoms with Crippen LogP contribution in [0.25, 0.3) is 0 Å². The molecule has 0 saturated heterocycles. The second-order valence-corrected chi connectivity index (χ2v) is 6.29. The predicted molar refractivity (Wildman–Crippen MR) is 73.4 cm³/mol. The van der Waals surface area contributed by atoms with Crippen LogP contribution < -0.4 is 5.73 Å². The molecule has 6 heteroatoms. The Morgan fingerprint density at radius 1 is 1.62 bits per heavy atom. The Hall–Kier alpha value is -0.470. The summed E-state index contributed by atoms with van der Waals surface area (Å²) in [6.07, 6.45) is 2.32. The highest BCUT2D eigenvalue weighted by atomic mass is 127. The van der Waals surface area contributed by atoms with Crippen molar-refractivity contribution in [3.8, 4) is 0 Å². The molecule has 16 heavy (non-hydrogen) atoms. The van der Waals surface area contributed by atoms with E-state index in [0.717, 1.165) is 18.8 Å². The number of aromatic nitrogens is 3. The van der Waals surface area contributed by atoms with Gasteiger partial charge >= 0.3 is 0 Å². The number of halogens is 1. The lowest BCUT2D eigenvalue weighted by Crippen LogP contribution is -2.16. The Kier molecular flexibility index (Phi) is 3.93. The van der Waals surface area contributed by atoms with E-state index in [0.29, 0.717) is 0 Å². The van der Waals surface area contributed by atoms with Crippen LogP contribution in [0, 0.1) is 2.88 Å². The van der Waals surface area contributed by atoms with Gasteiger partial charge in [-0.25, -0.2) is 4.98 Å². The standard InChI is InChI=1S/C10H13IN4S/c1-2-15-10(13-6-14-15)4-8(12)7-3-9(11)16-5-7/h3,5-6,8H,2,4,12H2,1H3. The van der Waals surface area contributed by atoms with E-state index in [1.54, 1.807) is 17.7 Å². The largest absolute Gasteiger partial charge is 0.324 e. The first-order valence-corrected chi connectivity index (χ1v) is 7.02. The van der Waals surface area contributed by atoms with Gasteiger partial charge in [-0.05, 0) is 46.5 Å². The molecule has 86 valence electrons. The van der Waals surface area contributed by atoms with Crippen LogP contribution in [0.3, 0.4) is 0 Å². The highest BCUT2D eigenvalue weighted by molar-refractivity contribution is 14.1. The smallest absolute Gasteiger partial charge is 0.138 e. The molecule has 2 aromatic rings. The quantitative estimate of drug-likeness (QED) is 0.862. The van der Waals surface area contributed by atoms with Crippen molar-refractivity contribution in [3.63, 3.8) is 0 Å². The number of rotatable bonds is 4. The van der Waals surface area contributed by atoms with Crippen molar-refractivity contribution in [2.45, 2.75) is 25.9 Å². The number of nitrogens with zero attached hydrogens (tertiary/aromatic N) is 3. The molecule has 0 spiro atoms. The summed E-state index contributed by atoms with van der Waals surface area (Å²) in [7, 11) is 0. The second kappa shape index (κ2) is 5.24. The van der Waals surface area contributed by atoms with Crippen molar-refractivity contribution >= 4 is 33.9 Å². The minimum absolute atomic E-state index is 0.00858. The molecule has 0 bridgehead atoms. The van der Waals surface area contributed by atoms with Crippen molar-refractivity contribution < 1.29 is 0 Å². The van der Waals surface area contributed by atoms with E-state index in [4.69, 9.17) is 5.73 Å². The lowest BCUT2D eigenvalue weighted by Gasteiger charge is -2.09. The van der Waals surface area contributed by atoms with Crippen molar-refractivity contribution in [1.82, 2.24) is 14.8 Å². The Labute approximate surface area is 112 Å². The Morgan fingerprint density at radius 2 is 2.44 bits per heavy atom. The highest BCUT2D eigenvalue weighted by Crippen LogP contribution is 2.22. The van der Waals surface area contributed by atoms with E-state index in [9.17, 15) is 0 Å². The number of hydrogen-bond donors (Lipinski definition) is 1. The van der Waals surface area contributed by atoms with Gasteiger partial charge in [-0.15, -0.1) is 11.3 Å². The summed E-state index contributed by atoms with van der Waals surface area (Å²) in [4.78, 5) is 4.23. The van der Waals surface area contributed by atoms with Gasteiger partial charge in [0.25, 0.3) is 0 Å². The molecule has 0 aliphatic carbocycles. The topological polar surface area (TPSA) is 56.7 Å². The maximum atomic E-state index is 6.15. The van der Waals surface area contributed by atoms with Gasteiger partial charge in [0.15, 0.2) is 0 Å². The number of aryl methyl sites for hydroxylation is 1. The van der Waals surface area contributed by atoms with Crippen LogP contribution in [0.15, 0.2) is 17.8 Å². The Morgan fingerprint density at radius 3 is 3.06 bits per heavy atom. The van der Waals surface area contributed by atoms with Gasteiger partial charge in [-0.3, -0.25) is 4.68 Å². The van der Waals surface area contributed by atoms with Crippen molar-refractivity contribution in [2.24, 2.45) is 5.73 Å². The average Bonchev–Trinajstić information content (AvgIpc) is 2.86. The van der Waals surface area contributed by atoms with Gasteiger partial charge in [0.2, 0.25) is 0 Å². The summed E-state index contributed by atoms with van der Waals surface area (Å²) in [5.74, 6) is 0.955. The fourth-order valence-corrected chi connectivity index (χ4v) is 2.98. The van der Waals surface area contributed by atoms with Gasteiger partial charge < -0.3 is 5.73 Å². The molecule has 2 heterocycles. The molecule has 0 fully saturated rings. The zero-order valence-electron chi connectivity index (χ0n) is 8.93. The maximum Gasteiger partial charge on any atom is 0.138 e. The zero-order chi connectivity index (χ0) is 11.5. The van der Waals surface area contributed by atoms with Crippen molar-refractivity contribution in [1.29, 1.82) is 0 Å². The molecule has 0 aliphatic rings. The Bertz CT molecular complexity index is 465. The molecule has 0 aromatic carbocycles. The van der Waals surface area contributed by atoms with Crippen molar-refractivity contribution in [2.75, 3.05) is 0 Å². The molecule has 0 radical (unpaired) electrons. The van der Waals surface area contributed by atoms with Crippen LogP contribution in [0.1, 0.15) is 24.4 Å². The first-order chi connectivity index (χ1) is 7.70. The van der Waals surface area contributed by atoms with Gasteiger partial charge in [-0.2, -0.15) is 5.10 Å². The predicted octanol–water partition coefficient (Wildman–Crippen LogP) is 2.21. The summed E-state index contributed by atoms with van der Waals surface area (Å²) in [6, 6.07) is 2.14. The average molecular weight is 348 g/mol. The summed E-state index contributed by atoms with van der Waals surface area (Å²) >= 11 is 4.03. The summed E-state index contributed by atoms with van der Waals surface area (Å²) < 4.78 is 3.15. The summed E-state index contributed by atoms with van der Waals surface area (Å²) in [5, 5.41) is 6.25. The molecule has 1 atom stereocenters. The Balaban J connectivity index is 2.10. The van der Waals surface area contributed by atoms with E-state index in [-0.39, 0.29) is 6.04 Å². The van der Waals surface area contributed by atoms with Crippen LogP contribution in [0.4, 0.5) is 0 Å². The van der Waals surface area contributed by atoms with Gasteiger partial charge in [0.1, 0.15) is 12.2 Å². The minimum Gasteiger partial charge on any atom is -0.324 e. The lowest BCUT2D eigenvalue weighted by atomic mass is 10.1. The van der Waals surface area contributed by atoms with Crippen LogP contribution in [0.5, 0.6) is 0 Å².